The minimum atomic E-state index is -3.54. The van der Waals surface area contributed by atoms with Crippen molar-refractivity contribution in [3.63, 3.8) is 0 Å². The van der Waals surface area contributed by atoms with Crippen LogP contribution in [0.5, 0.6) is 0 Å². The zero-order chi connectivity index (χ0) is 20.8. The van der Waals surface area contributed by atoms with Gasteiger partial charge in [0.1, 0.15) is 0 Å². The van der Waals surface area contributed by atoms with Gasteiger partial charge in [-0.3, -0.25) is 4.79 Å². The van der Waals surface area contributed by atoms with Crippen molar-refractivity contribution >= 4 is 21.6 Å². The Labute approximate surface area is 173 Å². The molecule has 1 amide bonds. The number of para-hydroxylation sites is 1. The fraction of sp³-hybridized carbons (Fsp3) is 0.435. The Bertz CT molecular complexity index is 1010. The van der Waals surface area contributed by atoms with Crippen molar-refractivity contribution < 1.29 is 13.2 Å². The number of carbonyl (C=O) groups excluding carboxylic acids is 1. The summed E-state index contributed by atoms with van der Waals surface area (Å²) in [6.07, 6.45) is 1.88. The summed E-state index contributed by atoms with van der Waals surface area (Å²) >= 11 is 0. The highest BCUT2D eigenvalue weighted by Gasteiger charge is 2.33. The van der Waals surface area contributed by atoms with Gasteiger partial charge in [0.05, 0.1) is 4.90 Å². The molecule has 1 fully saturated rings. The molecule has 4 rings (SSSR count). The van der Waals surface area contributed by atoms with Crippen LogP contribution in [0, 0.1) is 11.8 Å². The normalized spacial score (nSPS) is 25.1. The number of hydrogen-bond donors (Lipinski definition) is 0. The van der Waals surface area contributed by atoms with Gasteiger partial charge < -0.3 is 4.90 Å². The van der Waals surface area contributed by atoms with Crippen LogP contribution >= 0.6 is 0 Å². The molecule has 0 bridgehead atoms. The number of fused-ring (bicyclic) bond motifs is 1. The van der Waals surface area contributed by atoms with E-state index in [1.54, 1.807) is 28.6 Å². The summed E-state index contributed by atoms with van der Waals surface area (Å²) < 4.78 is 27.7. The van der Waals surface area contributed by atoms with E-state index in [1.807, 2.05) is 30.0 Å². The van der Waals surface area contributed by atoms with Crippen LogP contribution in [0.15, 0.2) is 53.4 Å². The molecule has 2 aromatic rings. The van der Waals surface area contributed by atoms with Gasteiger partial charge in [0.2, 0.25) is 10.0 Å². The van der Waals surface area contributed by atoms with E-state index in [4.69, 9.17) is 0 Å². The second-order valence-corrected chi connectivity index (χ2v) is 10.6. The lowest BCUT2D eigenvalue weighted by Gasteiger charge is -2.34. The van der Waals surface area contributed by atoms with Gasteiger partial charge in [-0.1, -0.05) is 32.0 Å². The van der Waals surface area contributed by atoms with E-state index in [0.29, 0.717) is 30.5 Å². The van der Waals surface area contributed by atoms with Gasteiger partial charge in [-0.2, -0.15) is 4.31 Å². The third-order valence-corrected chi connectivity index (χ3v) is 7.85. The summed E-state index contributed by atoms with van der Waals surface area (Å²) in [6.45, 7) is 7.32. The summed E-state index contributed by atoms with van der Waals surface area (Å²) in [7, 11) is -3.54. The van der Waals surface area contributed by atoms with E-state index in [1.165, 1.54) is 5.56 Å². The number of piperidine rings is 1. The smallest absolute Gasteiger partial charge is 0.258 e. The molecule has 29 heavy (non-hydrogen) atoms. The summed E-state index contributed by atoms with van der Waals surface area (Å²) in [5.41, 5.74) is 2.62. The lowest BCUT2D eigenvalue weighted by molar-refractivity contribution is 0.0981. The van der Waals surface area contributed by atoms with Crippen molar-refractivity contribution in [1.82, 2.24) is 4.31 Å². The number of anilines is 1. The molecule has 0 aromatic heterocycles. The van der Waals surface area contributed by atoms with Crippen molar-refractivity contribution in [2.45, 2.75) is 44.6 Å². The number of sulfonamides is 1. The lowest BCUT2D eigenvalue weighted by atomic mass is 9.94. The molecule has 0 unspecified atom stereocenters. The van der Waals surface area contributed by atoms with Crippen molar-refractivity contribution in [3.8, 4) is 0 Å². The Morgan fingerprint density at radius 3 is 2.21 bits per heavy atom. The SMILES string of the molecule is C[C@@H]1C[C@H](C)CN(S(=O)(=O)c2ccc(C(=O)N3c4ccccc4C[C@@H]3C)cc2)C1. The monoisotopic (exact) mass is 412 g/mol. The van der Waals surface area contributed by atoms with E-state index in [2.05, 4.69) is 19.9 Å². The molecule has 6 heteroatoms. The van der Waals surface area contributed by atoms with Crippen molar-refractivity contribution in [1.29, 1.82) is 0 Å². The van der Waals surface area contributed by atoms with Crippen molar-refractivity contribution in [2.24, 2.45) is 11.8 Å². The molecule has 0 aliphatic carbocycles. The van der Waals surface area contributed by atoms with Gasteiger partial charge in [-0.05, 0) is 67.5 Å². The maximum Gasteiger partial charge on any atom is 0.258 e. The second kappa shape index (κ2) is 7.58. The second-order valence-electron chi connectivity index (χ2n) is 8.65. The average molecular weight is 413 g/mol. The highest BCUT2D eigenvalue weighted by atomic mass is 32.2. The van der Waals surface area contributed by atoms with Crippen LogP contribution in [0.1, 0.15) is 43.1 Å². The molecule has 2 aliphatic heterocycles. The highest BCUT2D eigenvalue weighted by molar-refractivity contribution is 7.89. The number of amides is 1. The Hall–Kier alpha value is -2.18. The summed E-state index contributed by atoms with van der Waals surface area (Å²) in [5, 5.41) is 0. The average Bonchev–Trinajstić information content (AvgIpc) is 3.02. The van der Waals surface area contributed by atoms with Gasteiger partial charge in [-0.15, -0.1) is 0 Å². The predicted octanol–water partition coefficient (Wildman–Crippen LogP) is 3.94. The van der Waals surface area contributed by atoms with Gasteiger partial charge >= 0.3 is 0 Å². The number of carbonyl (C=O) groups is 1. The lowest BCUT2D eigenvalue weighted by Crippen LogP contribution is -2.42. The zero-order valence-corrected chi connectivity index (χ0v) is 18.0. The minimum Gasteiger partial charge on any atom is -0.305 e. The molecule has 0 spiro atoms. The minimum absolute atomic E-state index is 0.0830. The third kappa shape index (κ3) is 3.71. The molecule has 2 aliphatic rings. The number of hydrogen-bond acceptors (Lipinski definition) is 3. The molecule has 0 saturated carbocycles. The van der Waals surface area contributed by atoms with Crippen LogP contribution in [-0.4, -0.2) is 37.8 Å². The van der Waals surface area contributed by atoms with Gasteiger partial charge in [0, 0.05) is 30.4 Å². The van der Waals surface area contributed by atoms with Crippen molar-refractivity contribution in [3.05, 3.63) is 59.7 Å². The van der Waals surface area contributed by atoms with Crippen LogP contribution in [0.3, 0.4) is 0 Å². The first-order chi connectivity index (χ1) is 13.8. The van der Waals surface area contributed by atoms with E-state index >= 15 is 0 Å². The Kier molecular flexibility index (Phi) is 5.25. The largest absolute Gasteiger partial charge is 0.305 e. The van der Waals surface area contributed by atoms with Crippen LogP contribution in [0.4, 0.5) is 5.69 Å². The first-order valence-corrected chi connectivity index (χ1v) is 11.7. The van der Waals surface area contributed by atoms with Crippen LogP contribution in [0.2, 0.25) is 0 Å². The summed E-state index contributed by atoms with van der Waals surface area (Å²) in [5.74, 6) is 0.615. The molecule has 3 atom stereocenters. The quantitative estimate of drug-likeness (QED) is 0.767. The maximum atomic E-state index is 13.1. The number of benzene rings is 2. The molecule has 154 valence electrons. The molecule has 0 radical (unpaired) electrons. The van der Waals surface area contributed by atoms with Gasteiger partial charge in [0.25, 0.3) is 5.91 Å². The Balaban J connectivity index is 1.57. The van der Waals surface area contributed by atoms with Gasteiger partial charge in [-0.25, -0.2) is 8.42 Å². The fourth-order valence-electron chi connectivity index (χ4n) is 4.73. The first kappa shape index (κ1) is 20.1. The van der Waals surface area contributed by atoms with Crippen LogP contribution < -0.4 is 4.90 Å². The summed E-state index contributed by atoms with van der Waals surface area (Å²) in [6, 6.07) is 14.4. The van der Waals surface area contributed by atoms with E-state index in [-0.39, 0.29) is 16.8 Å². The Morgan fingerprint density at radius 2 is 1.55 bits per heavy atom. The third-order valence-electron chi connectivity index (χ3n) is 6.00. The van der Waals surface area contributed by atoms with Crippen molar-refractivity contribution in [2.75, 3.05) is 18.0 Å². The molecule has 5 nitrogen and oxygen atoms in total. The zero-order valence-electron chi connectivity index (χ0n) is 17.2. The molecule has 0 N–H and O–H groups in total. The highest BCUT2D eigenvalue weighted by Crippen LogP contribution is 2.33. The summed E-state index contributed by atoms with van der Waals surface area (Å²) in [4.78, 5) is 15.2. The molecule has 2 heterocycles. The molecule has 1 saturated heterocycles. The van der Waals surface area contributed by atoms with E-state index < -0.39 is 10.0 Å². The van der Waals surface area contributed by atoms with E-state index in [0.717, 1.165) is 18.5 Å². The van der Waals surface area contributed by atoms with Crippen LogP contribution in [-0.2, 0) is 16.4 Å². The first-order valence-electron chi connectivity index (χ1n) is 10.3. The standard InChI is InChI=1S/C23H28N2O3S/c1-16-12-17(2)15-24(14-16)29(27,28)21-10-8-19(9-11-21)23(26)25-18(3)13-20-6-4-5-7-22(20)25/h4-11,16-18H,12-15H2,1-3H3/t16-,17+,18-/m0/s1. The van der Waals surface area contributed by atoms with E-state index in [9.17, 15) is 13.2 Å². The van der Waals surface area contributed by atoms with Gasteiger partial charge in [0.15, 0.2) is 0 Å². The molecular weight excluding hydrogens is 384 g/mol. The maximum absolute atomic E-state index is 13.1. The number of rotatable bonds is 3. The van der Waals surface area contributed by atoms with Crippen LogP contribution in [0.25, 0.3) is 0 Å². The molecular formula is C23H28N2O3S. The predicted molar refractivity (Wildman–Crippen MR) is 115 cm³/mol. The topological polar surface area (TPSA) is 57.7 Å². The number of nitrogens with zero attached hydrogens (tertiary/aromatic N) is 2. The Morgan fingerprint density at radius 1 is 0.931 bits per heavy atom. The molecule has 2 aromatic carbocycles. The fourth-order valence-corrected chi connectivity index (χ4v) is 6.41.